The standard InChI is InChI=1S/C20H23F3OS/c1-14(13-25(24)19(2,3)4)16-6-5-7-17(12-16)15-8-10-18(11-9-15)20(21,22)23/h5-12,14H,13H2,1-4H3/t14-,25-/m0/s1. The molecule has 25 heavy (non-hydrogen) atoms. The van der Waals surface area contributed by atoms with Gasteiger partial charge in [0.25, 0.3) is 0 Å². The molecule has 2 atom stereocenters. The van der Waals surface area contributed by atoms with Crippen LogP contribution in [0.1, 0.15) is 44.7 Å². The van der Waals surface area contributed by atoms with Crippen molar-refractivity contribution < 1.29 is 17.4 Å². The molecule has 0 fully saturated rings. The summed E-state index contributed by atoms with van der Waals surface area (Å²) in [5.74, 6) is 0.661. The smallest absolute Gasteiger partial charge is 0.259 e. The third-order valence-electron chi connectivity index (χ3n) is 4.09. The summed E-state index contributed by atoms with van der Waals surface area (Å²) < 4.78 is 50.1. The lowest BCUT2D eigenvalue weighted by atomic mass is 9.97. The zero-order valence-electron chi connectivity index (χ0n) is 14.9. The Kier molecular flexibility index (Phi) is 5.77. The molecule has 2 rings (SSSR count). The van der Waals surface area contributed by atoms with E-state index in [1.807, 2.05) is 52.0 Å². The molecule has 0 heterocycles. The van der Waals surface area contributed by atoms with Gasteiger partial charge in [0.15, 0.2) is 0 Å². The molecule has 0 aliphatic rings. The molecule has 0 aromatic heterocycles. The van der Waals surface area contributed by atoms with Crippen molar-refractivity contribution in [3.8, 4) is 11.1 Å². The molecule has 0 aliphatic heterocycles. The van der Waals surface area contributed by atoms with Crippen molar-refractivity contribution in [2.45, 2.75) is 44.5 Å². The van der Waals surface area contributed by atoms with Gasteiger partial charge in [-0.1, -0.05) is 43.3 Å². The molecule has 0 saturated carbocycles. The van der Waals surface area contributed by atoms with Crippen LogP contribution in [-0.2, 0) is 17.0 Å². The molecule has 0 amide bonds. The summed E-state index contributed by atoms with van der Waals surface area (Å²) in [6, 6.07) is 12.9. The molecule has 2 aromatic rings. The summed E-state index contributed by atoms with van der Waals surface area (Å²) in [5.41, 5.74) is 1.98. The van der Waals surface area contributed by atoms with Crippen LogP contribution >= 0.6 is 0 Å². The van der Waals surface area contributed by atoms with Crippen LogP contribution in [0.5, 0.6) is 0 Å². The van der Waals surface area contributed by atoms with Gasteiger partial charge in [0, 0.05) is 21.3 Å². The predicted molar refractivity (Wildman–Crippen MR) is 98.1 cm³/mol. The summed E-state index contributed by atoms with van der Waals surface area (Å²) in [4.78, 5) is 0. The van der Waals surface area contributed by atoms with Gasteiger partial charge in [0.05, 0.1) is 5.56 Å². The van der Waals surface area contributed by atoms with Gasteiger partial charge in [0.2, 0.25) is 0 Å². The lowest BCUT2D eigenvalue weighted by molar-refractivity contribution is -0.137. The zero-order valence-corrected chi connectivity index (χ0v) is 15.7. The van der Waals surface area contributed by atoms with Crippen molar-refractivity contribution in [3.05, 3.63) is 59.7 Å². The second kappa shape index (κ2) is 7.32. The molecule has 0 N–H and O–H groups in total. The fourth-order valence-corrected chi connectivity index (χ4v) is 3.60. The fraction of sp³-hybridized carbons (Fsp3) is 0.400. The Labute approximate surface area is 149 Å². The maximum atomic E-state index is 12.7. The highest BCUT2D eigenvalue weighted by molar-refractivity contribution is 7.86. The van der Waals surface area contributed by atoms with Crippen molar-refractivity contribution in [3.63, 3.8) is 0 Å². The average Bonchev–Trinajstić information content (AvgIpc) is 2.53. The molecular formula is C20H23F3OS. The Hall–Kier alpha value is -1.62. The topological polar surface area (TPSA) is 17.1 Å². The average molecular weight is 368 g/mol. The predicted octanol–water partition coefficient (Wildman–Crippen LogP) is 6.02. The Morgan fingerprint density at radius 3 is 2.08 bits per heavy atom. The lowest BCUT2D eigenvalue weighted by Gasteiger charge is -2.21. The summed E-state index contributed by atoms with van der Waals surface area (Å²) in [6.45, 7) is 7.88. The van der Waals surface area contributed by atoms with Crippen LogP contribution < -0.4 is 0 Å². The van der Waals surface area contributed by atoms with Crippen LogP contribution in [0.15, 0.2) is 48.5 Å². The van der Waals surface area contributed by atoms with E-state index in [0.717, 1.165) is 28.8 Å². The van der Waals surface area contributed by atoms with Crippen molar-refractivity contribution >= 4 is 10.8 Å². The minimum absolute atomic E-state index is 0.106. The molecule has 0 spiro atoms. The summed E-state index contributed by atoms with van der Waals surface area (Å²) in [7, 11) is -0.957. The van der Waals surface area contributed by atoms with Gasteiger partial charge < -0.3 is 0 Å². The maximum Gasteiger partial charge on any atom is 0.416 e. The van der Waals surface area contributed by atoms with Gasteiger partial charge in [-0.15, -0.1) is 0 Å². The van der Waals surface area contributed by atoms with E-state index in [4.69, 9.17) is 0 Å². The monoisotopic (exact) mass is 368 g/mol. The van der Waals surface area contributed by atoms with E-state index in [1.54, 1.807) is 0 Å². The van der Waals surface area contributed by atoms with Gasteiger partial charge in [-0.2, -0.15) is 13.2 Å². The molecule has 5 heteroatoms. The minimum Gasteiger partial charge on any atom is -0.259 e. The van der Waals surface area contributed by atoms with Gasteiger partial charge in [-0.25, -0.2) is 0 Å². The molecule has 136 valence electrons. The SMILES string of the molecule is C[C@@H](C[S@](=O)C(C)(C)C)c1cccc(-c2ccc(C(F)(F)F)cc2)c1. The number of hydrogen-bond acceptors (Lipinski definition) is 1. The third kappa shape index (κ3) is 5.18. The van der Waals surface area contributed by atoms with Crippen LogP contribution in [0.2, 0.25) is 0 Å². The number of benzene rings is 2. The van der Waals surface area contributed by atoms with Crippen molar-refractivity contribution in [2.75, 3.05) is 5.75 Å². The molecule has 0 saturated heterocycles. The summed E-state index contributed by atoms with van der Waals surface area (Å²) in [5, 5.41) is 0. The molecule has 0 bridgehead atoms. The number of alkyl halides is 3. The Balaban J connectivity index is 2.22. The van der Waals surface area contributed by atoms with Crippen LogP contribution in [-0.4, -0.2) is 14.7 Å². The van der Waals surface area contributed by atoms with E-state index in [-0.39, 0.29) is 10.7 Å². The van der Waals surface area contributed by atoms with E-state index < -0.39 is 22.5 Å². The van der Waals surface area contributed by atoms with Crippen LogP contribution in [0, 0.1) is 0 Å². The Bertz CT molecular complexity index is 743. The highest BCUT2D eigenvalue weighted by Gasteiger charge is 2.30. The third-order valence-corrected chi connectivity index (χ3v) is 6.25. The summed E-state index contributed by atoms with van der Waals surface area (Å²) in [6.07, 6.45) is -4.33. The second-order valence-corrected chi connectivity index (χ2v) is 9.48. The Morgan fingerprint density at radius 1 is 0.960 bits per heavy atom. The first kappa shape index (κ1) is 19.7. The molecule has 0 aliphatic carbocycles. The number of rotatable bonds is 4. The lowest BCUT2D eigenvalue weighted by Crippen LogP contribution is -2.26. The van der Waals surface area contributed by atoms with Crippen molar-refractivity contribution in [2.24, 2.45) is 0 Å². The van der Waals surface area contributed by atoms with Gasteiger partial charge in [-0.3, -0.25) is 4.21 Å². The summed E-state index contributed by atoms with van der Waals surface area (Å²) >= 11 is 0. The van der Waals surface area contributed by atoms with Crippen LogP contribution in [0.4, 0.5) is 13.2 Å². The molecule has 0 radical (unpaired) electrons. The van der Waals surface area contributed by atoms with Crippen LogP contribution in [0.25, 0.3) is 11.1 Å². The Morgan fingerprint density at radius 2 is 1.56 bits per heavy atom. The van der Waals surface area contributed by atoms with Crippen molar-refractivity contribution in [1.82, 2.24) is 0 Å². The van der Waals surface area contributed by atoms with Crippen LogP contribution in [0.3, 0.4) is 0 Å². The van der Waals surface area contributed by atoms with Gasteiger partial charge in [0.1, 0.15) is 0 Å². The zero-order chi connectivity index (χ0) is 18.8. The van der Waals surface area contributed by atoms with E-state index in [1.165, 1.54) is 12.1 Å². The van der Waals surface area contributed by atoms with E-state index >= 15 is 0 Å². The quantitative estimate of drug-likeness (QED) is 0.645. The maximum absolute atomic E-state index is 12.7. The number of halogens is 3. The van der Waals surface area contributed by atoms with Crippen molar-refractivity contribution in [1.29, 1.82) is 0 Å². The first-order valence-electron chi connectivity index (χ1n) is 8.14. The molecule has 0 unspecified atom stereocenters. The second-order valence-electron chi connectivity index (χ2n) is 7.23. The highest BCUT2D eigenvalue weighted by atomic mass is 32.2. The first-order valence-corrected chi connectivity index (χ1v) is 9.46. The fourth-order valence-electron chi connectivity index (χ4n) is 2.45. The molecule has 2 aromatic carbocycles. The minimum atomic E-state index is -4.33. The molecular weight excluding hydrogens is 345 g/mol. The van der Waals surface area contributed by atoms with E-state index in [9.17, 15) is 17.4 Å². The highest BCUT2D eigenvalue weighted by Crippen LogP contribution is 2.32. The first-order chi connectivity index (χ1) is 11.5. The van der Waals surface area contributed by atoms with Gasteiger partial charge in [-0.05, 0) is 55.5 Å². The largest absolute Gasteiger partial charge is 0.416 e. The number of hydrogen-bond donors (Lipinski definition) is 0. The van der Waals surface area contributed by atoms with E-state index in [0.29, 0.717) is 5.75 Å². The van der Waals surface area contributed by atoms with Gasteiger partial charge >= 0.3 is 6.18 Å². The van der Waals surface area contributed by atoms with E-state index in [2.05, 4.69) is 0 Å². The molecule has 1 nitrogen and oxygen atoms in total. The normalized spacial score (nSPS) is 15.0.